The van der Waals surface area contributed by atoms with Crippen LogP contribution in [0, 0.1) is 5.82 Å². The molecule has 2 saturated heterocycles. The highest BCUT2D eigenvalue weighted by molar-refractivity contribution is 14.0. The Balaban J connectivity index is 0.00000341. The van der Waals surface area contributed by atoms with Crippen LogP contribution in [-0.2, 0) is 22.7 Å². The summed E-state index contributed by atoms with van der Waals surface area (Å²) >= 11 is 0. The van der Waals surface area contributed by atoms with Crippen molar-refractivity contribution in [3.05, 3.63) is 35.1 Å². The number of carbonyl (C=O) groups is 1. The van der Waals surface area contributed by atoms with Crippen LogP contribution in [0.4, 0.5) is 4.39 Å². The van der Waals surface area contributed by atoms with Gasteiger partial charge in [-0.2, -0.15) is 0 Å². The summed E-state index contributed by atoms with van der Waals surface area (Å²) in [6, 6.07) is 5.01. The SMILES string of the molecule is CN=C(NCc1ccc(F)c(COC)c1)N1CCN(C(C)C(=O)N2CCCC2)CC1.I. The van der Waals surface area contributed by atoms with Crippen molar-refractivity contribution >= 4 is 35.8 Å². The Bertz CT molecular complexity index is 749. The van der Waals surface area contributed by atoms with Gasteiger partial charge in [0.1, 0.15) is 5.82 Å². The zero-order chi connectivity index (χ0) is 21.5. The molecule has 0 aromatic heterocycles. The molecular formula is C22H35FIN5O2. The monoisotopic (exact) mass is 547 g/mol. The molecule has 1 amide bonds. The quantitative estimate of drug-likeness (QED) is 0.337. The van der Waals surface area contributed by atoms with Crippen LogP contribution in [0.25, 0.3) is 0 Å². The van der Waals surface area contributed by atoms with Gasteiger partial charge in [0, 0.05) is 65.5 Å². The summed E-state index contributed by atoms with van der Waals surface area (Å²) < 4.78 is 18.9. The summed E-state index contributed by atoms with van der Waals surface area (Å²) in [6.45, 7) is 7.93. The van der Waals surface area contributed by atoms with Crippen molar-refractivity contribution in [2.24, 2.45) is 4.99 Å². The molecule has 0 radical (unpaired) electrons. The molecule has 9 heteroatoms. The molecule has 0 bridgehead atoms. The molecule has 0 saturated carbocycles. The molecule has 0 spiro atoms. The van der Waals surface area contributed by atoms with Crippen molar-refractivity contribution in [3.8, 4) is 0 Å². The maximum absolute atomic E-state index is 13.8. The van der Waals surface area contributed by atoms with Crippen molar-refractivity contribution in [1.82, 2.24) is 20.0 Å². The molecule has 7 nitrogen and oxygen atoms in total. The summed E-state index contributed by atoms with van der Waals surface area (Å²) in [5, 5.41) is 3.37. The Hall–Kier alpha value is -1.46. The fourth-order valence-corrected chi connectivity index (χ4v) is 4.20. The average molecular weight is 547 g/mol. The van der Waals surface area contributed by atoms with Gasteiger partial charge in [-0.15, -0.1) is 24.0 Å². The number of hydrogen-bond acceptors (Lipinski definition) is 4. The number of guanidine groups is 1. The minimum absolute atomic E-state index is 0. The van der Waals surface area contributed by atoms with Crippen LogP contribution in [-0.4, -0.2) is 86.0 Å². The predicted octanol–water partition coefficient (Wildman–Crippen LogP) is 2.29. The van der Waals surface area contributed by atoms with E-state index < -0.39 is 0 Å². The molecule has 0 aliphatic carbocycles. The molecule has 1 unspecified atom stereocenters. The minimum Gasteiger partial charge on any atom is -0.380 e. The summed E-state index contributed by atoms with van der Waals surface area (Å²) in [5.74, 6) is 0.830. The summed E-state index contributed by atoms with van der Waals surface area (Å²) in [6.07, 6.45) is 2.24. The van der Waals surface area contributed by atoms with E-state index in [1.54, 1.807) is 20.2 Å². The van der Waals surface area contributed by atoms with Gasteiger partial charge in [-0.3, -0.25) is 14.7 Å². The van der Waals surface area contributed by atoms with Crippen LogP contribution >= 0.6 is 24.0 Å². The van der Waals surface area contributed by atoms with Gasteiger partial charge in [0.25, 0.3) is 0 Å². The van der Waals surface area contributed by atoms with E-state index in [9.17, 15) is 9.18 Å². The fourth-order valence-electron chi connectivity index (χ4n) is 4.20. The van der Waals surface area contributed by atoms with Gasteiger partial charge in [0.05, 0.1) is 12.6 Å². The third kappa shape index (κ3) is 6.76. The van der Waals surface area contributed by atoms with Crippen LogP contribution in [0.1, 0.15) is 30.9 Å². The van der Waals surface area contributed by atoms with Gasteiger partial charge in [0.2, 0.25) is 5.91 Å². The molecule has 3 rings (SSSR count). The zero-order valence-corrected chi connectivity index (χ0v) is 21.1. The van der Waals surface area contributed by atoms with Gasteiger partial charge >= 0.3 is 0 Å². The van der Waals surface area contributed by atoms with E-state index in [1.165, 1.54) is 6.07 Å². The zero-order valence-electron chi connectivity index (χ0n) is 18.8. The van der Waals surface area contributed by atoms with E-state index in [0.29, 0.717) is 12.1 Å². The minimum atomic E-state index is -0.251. The number of halogens is 2. The second-order valence-corrected chi connectivity index (χ2v) is 7.99. The molecule has 1 N–H and O–H groups in total. The van der Waals surface area contributed by atoms with E-state index in [0.717, 1.165) is 63.6 Å². The molecule has 1 aromatic rings. The summed E-state index contributed by atoms with van der Waals surface area (Å²) in [7, 11) is 3.33. The van der Waals surface area contributed by atoms with Gasteiger partial charge in [-0.05, 0) is 37.5 Å². The first kappa shape index (κ1) is 25.8. The standard InChI is InChI=1S/C22H34FN5O2.HI/c1-17(21(29)27-8-4-5-9-27)26-10-12-28(13-11-26)22(24-2)25-15-18-6-7-20(23)19(14-18)16-30-3;/h6-7,14,17H,4-5,8-13,15-16H2,1-3H3,(H,24,25);1H. The molecule has 2 aliphatic heterocycles. The van der Waals surface area contributed by atoms with Crippen molar-refractivity contribution < 1.29 is 13.9 Å². The van der Waals surface area contributed by atoms with Crippen molar-refractivity contribution in [3.63, 3.8) is 0 Å². The van der Waals surface area contributed by atoms with E-state index in [-0.39, 0.29) is 48.3 Å². The Morgan fingerprint density at radius 1 is 1.16 bits per heavy atom. The number of nitrogens with one attached hydrogen (secondary N) is 1. The smallest absolute Gasteiger partial charge is 0.239 e. The number of rotatable bonds is 6. The number of methoxy groups -OCH3 is 1. The van der Waals surface area contributed by atoms with E-state index in [1.807, 2.05) is 17.9 Å². The van der Waals surface area contributed by atoms with Crippen molar-refractivity contribution in [2.75, 3.05) is 53.4 Å². The highest BCUT2D eigenvalue weighted by Gasteiger charge is 2.30. The van der Waals surface area contributed by atoms with Gasteiger partial charge in [-0.25, -0.2) is 4.39 Å². The third-order valence-corrected chi connectivity index (χ3v) is 6.01. The van der Waals surface area contributed by atoms with Crippen LogP contribution < -0.4 is 5.32 Å². The lowest BCUT2D eigenvalue weighted by atomic mass is 10.1. The Morgan fingerprint density at radius 3 is 2.45 bits per heavy atom. The lowest BCUT2D eigenvalue weighted by Crippen LogP contribution is -2.57. The molecule has 2 aliphatic rings. The Labute approximate surface area is 202 Å². The number of ether oxygens (including phenoxy) is 1. The largest absolute Gasteiger partial charge is 0.380 e. The number of amides is 1. The molecule has 2 fully saturated rings. The number of hydrogen-bond donors (Lipinski definition) is 1. The topological polar surface area (TPSA) is 60.4 Å². The van der Waals surface area contributed by atoms with Crippen molar-refractivity contribution in [1.29, 1.82) is 0 Å². The van der Waals surface area contributed by atoms with Crippen LogP contribution in [0.3, 0.4) is 0 Å². The number of likely N-dealkylation sites (tertiary alicyclic amines) is 1. The lowest BCUT2D eigenvalue weighted by molar-refractivity contribution is -0.135. The summed E-state index contributed by atoms with van der Waals surface area (Å²) in [5.41, 5.74) is 1.53. The normalized spacial score (nSPS) is 18.6. The van der Waals surface area contributed by atoms with Crippen LogP contribution in [0.2, 0.25) is 0 Å². The first-order chi connectivity index (χ1) is 14.5. The molecule has 31 heavy (non-hydrogen) atoms. The highest BCUT2D eigenvalue weighted by Crippen LogP contribution is 2.15. The molecule has 174 valence electrons. The van der Waals surface area contributed by atoms with Crippen LogP contribution in [0.5, 0.6) is 0 Å². The summed E-state index contributed by atoms with van der Waals surface area (Å²) in [4.78, 5) is 23.6. The number of nitrogens with zero attached hydrogens (tertiary/aromatic N) is 4. The number of benzene rings is 1. The van der Waals surface area contributed by atoms with Crippen LogP contribution in [0.15, 0.2) is 23.2 Å². The van der Waals surface area contributed by atoms with Crippen molar-refractivity contribution in [2.45, 2.75) is 39.0 Å². The maximum atomic E-state index is 13.8. The molecule has 1 atom stereocenters. The number of carbonyl (C=O) groups excluding carboxylic acids is 1. The highest BCUT2D eigenvalue weighted by atomic mass is 127. The first-order valence-electron chi connectivity index (χ1n) is 10.8. The molecule has 2 heterocycles. The lowest BCUT2D eigenvalue weighted by Gasteiger charge is -2.39. The fraction of sp³-hybridized carbons (Fsp3) is 0.636. The van der Waals surface area contributed by atoms with E-state index in [2.05, 4.69) is 20.1 Å². The Morgan fingerprint density at radius 2 is 1.84 bits per heavy atom. The second kappa shape index (κ2) is 12.5. The Kier molecular flexibility index (Phi) is 10.4. The molecular weight excluding hydrogens is 512 g/mol. The van der Waals surface area contributed by atoms with Gasteiger partial charge in [0.15, 0.2) is 5.96 Å². The molecule has 1 aromatic carbocycles. The van der Waals surface area contributed by atoms with Gasteiger partial charge < -0.3 is 19.9 Å². The van der Waals surface area contributed by atoms with E-state index >= 15 is 0 Å². The number of aliphatic imine (C=N–C) groups is 1. The maximum Gasteiger partial charge on any atom is 0.239 e. The average Bonchev–Trinajstić information content (AvgIpc) is 3.31. The van der Waals surface area contributed by atoms with Gasteiger partial charge in [-0.1, -0.05) is 6.07 Å². The second-order valence-electron chi connectivity index (χ2n) is 7.99. The number of piperazine rings is 1. The third-order valence-electron chi connectivity index (χ3n) is 6.01. The first-order valence-corrected chi connectivity index (χ1v) is 10.8. The van der Waals surface area contributed by atoms with E-state index in [4.69, 9.17) is 4.74 Å². The predicted molar refractivity (Wildman–Crippen MR) is 131 cm³/mol.